The maximum Gasteiger partial charge on any atom is 0.249 e. The first kappa shape index (κ1) is 18.6. The molecule has 3 atom stereocenters. The molecule has 0 N–H and O–H groups in total. The van der Waals surface area contributed by atoms with E-state index >= 15 is 0 Å². The highest BCUT2D eigenvalue weighted by atomic mass is 16.5. The van der Waals surface area contributed by atoms with Crippen LogP contribution < -0.4 is 0 Å². The Hall–Kier alpha value is -1.14. The van der Waals surface area contributed by atoms with E-state index in [-0.39, 0.29) is 36.5 Å². The fraction of sp³-hybridized carbons (Fsp3) is 0.895. The van der Waals surface area contributed by atoms with Crippen LogP contribution >= 0.6 is 0 Å². The Labute approximate surface area is 150 Å². The van der Waals surface area contributed by atoms with Crippen molar-refractivity contribution in [2.45, 2.75) is 76.7 Å². The lowest BCUT2D eigenvalue weighted by atomic mass is 9.98. The molecule has 0 aromatic carbocycles. The molecule has 3 rings (SSSR count). The minimum absolute atomic E-state index is 0.0713. The van der Waals surface area contributed by atoms with E-state index in [0.717, 1.165) is 51.6 Å². The van der Waals surface area contributed by atoms with Gasteiger partial charge in [0.05, 0.1) is 12.2 Å². The van der Waals surface area contributed by atoms with E-state index in [1.807, 2.05) is 23.6 Å². The van der Waals surface area contributed by atoms with Gasteiger partial charge in [-0.15, -0.1) is 0 Å². The molecular weight excluding hydrogens is 320 g/mol. The summed E-state index contributed by atoms with van der Waals surface area (Å²) in [4.78, 5) is 28.3. The number of fused-ring (bicyclic) bond motifs is 2. The molecule has 0 aromatic heterocycles. The highest BCUT2D eigenvalue weighted by Crippen LogP contribution is 2.38. The van der Waals surface area contributed by atoms with Gasteiger partial charge >= 0.3 is 0 Å². The Kier molecular flexibility index (Phi) is 6.00. The zero-order chi connectivity index (χ0) is 18.0. The van der Waals surface area contributed by atoms with Crippen LogP contribution in [-0.4, -0.2) is 72.7 Å². The number of carbonyl (C=O) groups excluding carboxylic acids is 2. The predicted molar refractivity (Wildman–Crippen MR) is 94.1 cm³/mol. The molecule has 3 aliphatic heterocycles. The van der Waals surface area contributed by atoms with Gasteiger partial charge in [0.1, 0.15) is 6.61 Å². The molecule has 3 saturated heterocycles. The number of ether oxygens (including phenoxy) is 2. The van der Waals surface area contributed by atoms with E-state index in [9.17, 15) is 9.59 Å². The van der Waals surface area contributed by atoms with Crippen LogP contribution in [0.2, 0.25) is 0 Å². The first-order chi connectivity index (χ1) is 12.0. The molecule has 25 heavy (non-hydrogen) atoms. The summed E-state index contributed by atoms with van der Waals surface area (Å²) in [7, 11) is 1.58. The number of piperidine rings is 2. The number of methoxy groups -OCH3 is 1. The quantitative estimate of drug-likeness (QED) is 0.757. The number of nitrogens with zero attached hydrogens (tertiary/aromatic N) is 2. The summed E-state index contributed by atoms with van der Waals surface area (Å²) >= 11 is 0. The fourth-order valence-corrected chi connectivity index (χ4v) is 4.69. The van der Waals surface area contributed by atoms with E-state index in [4.69, 9.17) is 9.47 Å². The molecule has 6 heteroatoms. The van der Waals surface area contributed by atoms with Crippen LogP contribution in [0.25, 0.3) is 0 Å². The zero-order valence-electron chi connectivity index (χ0n) is 15.8. The van der Waals surface area contributed by atoms with Crippen molar-refractivity contribution in [3.8, 4) is 0 Å². The van der Waals surface area contributed by atoms with Gasteiger partial charge in [-0.2, -0.15) is 0 Å². The summed E-state index contributed by atoms with van der Waals surface area (Å²) in [6, 6.07) is 0.628. The second kappa shape index (κ2) is 8.04. The van der Waals surface area contributed by atoms with Gasteiger partial charge in [-0.25, -0.2) is 0 Å². The van der Waals surface area contributed by atoms with Crippen LogP contribution in [-0.2, 0) is 19.1 Å². The molecule has 2 bridgehead atoms. The van der Waals surface area contributed by atoms with Crippen LogP contribution in [0.5, 0.6) is 0 Å². The van der Waals surface area contributed by atoms with Crippen LogP contribution in [0.1, 0.15) is 52.4 Å². The average Bonchev–Trinajstić information content (AvgIpc) is 2.86. The molecule has 0 aliphatic carbocycles. The van der Waals surface area contributed by atoms with Crippen molar-refractivity contribution < 1.29 is 19.1 Å². The van der Waals surface area contributed by atoms with Crippen molar-refractivity contribution in [2.75, 3.05) is 26.8 Å². The van der Waals surface area contributed by atoms with Gasteiger partial charge in [-0.05, 0) is 38.5 Å². The SMILES string of the molecule is COCC(=O)N1[C@@H]2CC[C@H]1CC(OC1CCN(C(=O)C(C)C)CC1)C2. The summed E-state index contributed by atoms with van der Waals surface area (Å²) in [6.07, 6.45) is 6.41. The summed E-state index contributed by atoms with van der Waals surface area (Å²) < 4.78 is 11.4. The summed E-state index contributed by atoms with van der Waals surface area (Å²) in [5.41, 5.74) is 0. The zero-order valence-corrected chi connectivity index (χ0v) is 15.8. The van der Waals surface area contributed by atoms with E-state index < -0.39 is 0 Å². The van der Waals surface area contributed by atoms with Crippen LogP contribution in [0.15, 0.2) is 0 Å². The van der Waals surface area contributed by atoms with Crippen molar-refractivity contribution in [1.29, 1.82) is 0 Å². The van der Waals surface area contributed by atoms with Crippen LogP contribution in [0, 0.1) is 5.92 Å². The van der Waals surface area contributed by atoms with Gasteiger partial charge in [-0.1, -0.05) is 13.8 Å². The lowest BCUT2D eigenvalue weighted by Gasteiger charge is -2.41. The third-order valence-electron chi connectivity index (χ3n) is 5.88. The van der Waals surface area contributed by atoms with Gasteiger partial charge in [0, 0.05) is 38.2 Å². The van der Waals surface area contributed by atoms with Crippen molar-refractivity contribution >= 4 is 11.8 Å². The first-order valence-corrected chi connectivity index (χ1v) is 9.74. The summed E-state index contributed by atoms with van der Waals surface area (Å²) in [5.74, 6) is 0.442. The van der Waals surface area contributed by atoms with E-state index in [0.29, 0.717) is 12.1 Å². The Balaban J connectivity index is 1.47. The molecule has 0 aromatic rings. The van der Waals surface area contributed by atoms with Gasteiger partial charge in [0.25, 0.3) is 0 Å². The molecule has 3 fully saturated rings. The third-order valence-corrected chi connectivity index (χ3v) is 5.88. The van der Waals surface area contributed by atoms with E-state index in [2.05, 4.69) is 0 Å². The molecule has 6 nitrogen and oxygen atoms in total. The molecule has 0 spiro atoms. The fourth-order valence-electron chi connectivity index (χ4n) is 4.69. The highest BCUT2D eigenvalue weighted by Gasteiger charge is 2.44. The van der Waals surface area contributed by atoms with Crippen molar-refractivity contribution in [3.63, 3.8) is 0 Å². The second-order valence-electron chi connectivity index (χ2n) is 8.03. The maximum atomic E-state index is 12.2. The Morgan fingerprint density at radius 1 is 1.00 bits per heavy atom. The second-order valence-corrected chi connectivity index (χ2v) is 8.03. The van der Waals surface area contributed by atoms with Crippen LogP contribution in [0.3, 0.4) is 0 Å². The van der Waals surface area contributed by atoms with Gasteiger partial charge in [-0.3, -0.25) is 9.59 Å². The van der Waals surface area contributed by atoms with Gasteiger partial charge in [0.15, 0.2) is 0 Å². The molecule has 2 amide bonds. The van der Waals surface area contributed by atoms with Crippen molar-refractivity contribution in [2.24, 2.45) is 5.92 Å². The van der Waals surface area contributed by atoms with Crippen molar-refractivity contribution in [1.82, 2.24) is 9.80 Å². The number of rotatable bonds is 5. The number of carbonyl (C=O) groups is 2. The van der Waals surface area contributed by atoms with Gasteiger partial charge < -0.3 is 19.3 Å². The number of likely N-dealkylation sites (tertiary alicyclic amines) is 1. The molecular formula is C19H32N2O4. The molecule has 0 saturated carbocycles. The Bertz CT molecular complexity index is 474. The third kappa shape index (κ3) is 4.17. The highest BCUT2D eigenvalue weighted by molar-refractivity contribution is 5.79. The normalized spacial score (nSPS) is 30.2. The summed E-state index contributed by atoms with van der Waals surface area (Å²) in [5, 5.41) is 0. The smallest absolute Gasteiger partial charge is 0.249 e. The Morgan fingerprint density at radius 3 is 2.12 bits per heavy atom. The first-order valence-electron chi connectivity index (χ1n) is 9.74. The lowest BCUT2D eigenvalue weighted by molar-refractivity contribution is -0.145. The largest absolute Gasteiger partial charge is 0.375 e. The van der Waals surface area contributed by atoms with Crippen molar-refractivity contribution in [3.05, 3.63) is 0 Å². The lowest BCUT2D eigenvalue weighted by Crippen LogP contribution is -2.51. The molecule has 3 aliphatic rings. The minimum Gasteiger partial charge on any atom is -0.375 e. The number of hydrogen-bond acceptors (Lipinski definition) is 4. The summed E-state index contributed by atoms with van der Waals surface area (Å²) in [6.45, 7) is 5.71. The van der Waals surface area contributed by atoms with E-state index in [1.165, 1.54) is 0 Å². The number of hydrogen-bond donors (Lipinski definition) is 0. The molecule has 142 valence electrons. The Morgan fingerprint density at radius 2 is 1.60 bits per heavy atom. The standard InChI is InChI=1S/C19H32N2O4/c1-13(2)19(23)20-8-6-16(7-9-20)25-17-10-14-4-5-15(11-17)21(14)18(22)12-24-3/h13-17H,4-12H2,1-3H3/t14-,15+,17?. The van der Waals surface area contributed by atoms with Gasteiger partial charge in [0.2, 0.25) is 11.8 Å². The molecule has 3 heterocycles. The van der Waals surface area contributed by atoms with Crippen LogP contribution in [0.4, 0.5) is 0 Å². The topological polar surface area (TPSA) is 59.1 Å². The molecule has 1 unspecified atom stereocenters. The minimum atomic E-state index is 0.0713. The average molecular weight is 352 g/mol. The number of amides is 2. The monoisotopic (exact) mass is 352 g/mol. The predicted octanol–water partition coefficient (Wildman–Crippen LogP) is 1.82. The maximum absolute atomic E-state index is 12.2. The molecule has 0 radical (unpaired) electrons. The van der Waals surface area contributed by atoms with E-state index in [1.54, 1.807) is 7.11 Å².